The third-order valence-corrected chi connectivity index (χ3v) is 19.7. The molecule has 0 bridgehead atoms. The van der Waals surface area contributed by atoms with E-state index in [4.69, 9.17) is 13.9 Å². The highest BCUT2D eigenvalue weighted by atomic mass is 16.6. The van der Waals surface area contributed by atoms with E-state index in [2.05, 4.69) is 303 Å². The van der Waals surface area contributed by atoms with Crippen molar-refractivity contribution in [3.8, 4) is 45.1 Å². The SMILES string of the molecule is CC(C)(C)c1ccc(N2c3ccc(C(C)(C)C)cc3B3c4cc5c(cc4N(c4ccc(C(C)(C)C)cc4)c4cc(-c6ccc(N(c7ccc(-c8cc9ccccc9o8)cc7)c7ccc8c9c(ccc8c7)C(C)(C)c7ccccc7-9)cc6)cc2c43)OCCO5)cc1. The third kappa shape index (κ3) is 8.97. The van der Waals surface area contributed by atoms with Crippen LogP contribution in [0.25, 0.3) is 55.3 Å². The van der Waals surface area contributed by atoms with Gasteiger partial charge in [-0.3, -0.25) is 0 Å². The van der Waals surface area contributed by atoms with Gasteiger partial charge in [0.15, 0.2) is 11.5 Å². The summed E-state index contributed by atoms with van der Waals surface area (Å²) in [4.78, 5) is 7.44. The van der Waals surface area contributed by atoms with Gasteiger partial charge >= 0.3 is 0 Å². The van der Waals surface area contributed by atoms with Gasteiger partial charge in [-0.05, 0) is 203 Å². The molecule has 4 heterocycles. The topological polar surface area (TPSA) is 41.3 Å². The molecule has 0 unspecified atom stereocenters. The molecular formula is C83H74BN3O3. The molecule has 3 aliphatic heterocycles. The first-order valence-electron chi connectivity index (χ1n) is 32.0. The molecule has 442 valence electrons. The largest absolute Gasteiger partial charge is 0.486 e. The lowest BCUT2D eigenvalue weighted by Crippen LogP contribution is -2.61. The van der Waals surface area contributed by atoms with Gasteiger partial charge in [0.2, 0.25) is 0 Å². The molecule has 0 fully saturated rings. The zero-order chi connectivity index (χ0) is 61.8. The molecule has 0 saturated carbocycles. The Balaban J connectivity index is 0.894. The number of hydrogen-bond acceptors (Lipinski definition) is 6. The summed E-state index contributed by atoms with van der Waals surface area (Å²) in [5.74, 6) is 2.41. The van der Waals surface area contributed by atoms with Crippen LogP contribution in [-0.4, -0.2) is 19.9 Å². The van der Waals surface area contributed by atoms with Crippen molar-refractivity contribution < 1.29 is 13.9 Å². The first-order chi connectivity index (χ1) is 43.2. The van der Waals surface area contributed by atoms with Crippen molar-refractivity contribution in [3.63, 3.8) is 0 Å². The number of fused-ring (bicyclic) bond motifs is 11. The van der Waals surface area contributed by atoms with Crippen molar-refractivity contribution >= 4 is 96.0 Å². The van der Waals surface area contributed by atoms with Gasteiger partial charge in [0.05, 0.1) is 0 Å². The second-order valence-corrected chi connectivity index (χ2v) is 28.8. The summed E-state index contributed by atoms with van der Waals surface area (Å²) in [5.41, 5.74) is 26.8. The summed E-state index contributed by atoms with van der Waals surface area (Å²) >= 11 is 0. The van der Waals surface area contributed by atoms with Gasteiger partial charge in [-0.15, -0.1) is 0 Å². The second kappa shape index (κ2) is 20.2. The molecule has 4 aliphatic rings. The minimum Gasteiger partial charge on any atom is -0.486 e. The fourth-order valence-electron chi connectivity index (χ4n) is 14.8. The van der Waals surface area contributed by atoms with Crippen LogP contribution in [0.5, 0.6) is 11.5 Å². The number of furan rings is 1. The number of benzene rings is 11. The predicted octanol–water partition coefficient (Wildman–Crippen LogP) is 20.4. The molecule has 16 rings (SSSR count). The Bertz CT molecular complexity index is 4830. The maximum Gasteiger partial charge on any atom is 0.252 e. The lowest BCUT2D eigenvalue weighted by atomic mass is 9.33. The fourth-order valence-corrected chi connectivity index (χ4v) is 14.8. The van der Waals surface area contributed by atoms with Gasteiger partial charge in [0.1, 0.15) is 24.6 Å². The highest BCUT2D eigenvalue weighted by molar-refractivity contribution is 7.00. The minimum absolute atomic E-state index is 0.0127. The Morgan fingerprint density at radius 1 is 0.422 bits per heavy atom. The van der Waals surface area contributed by atoms with E-state index in [1.807, 2.05) is 12.1 Å². The predicted molar refractivity (Wildman–Crippen MR) is 378 cm³/mol. The molecule has 7 heteroatoms. The lowest BCUT2D eigenvalue weighted by Gasteiger charge is -2.45. The Morgan fingerprint density at radius 2 is 0.978 bits per heavy atom. The first kappa shape index (κ1) is 55.6. The van der Waals surface area contributed by atoms with Gasteiger partial charge in [-0.2, -0.15) is 0 Å². The Labute approximate surface area is 530 Å². The molecule has 0 saturated heterocycles. The van der Waals surface area contributed by atoms with Crippen LogP contribution in [0.4, 0.5) is 51.2 Å². The molecule has 0 amide bonds. The van der Waals surface area contributed by atoms with E-state index in [1.165, 1.54) is 71.8 Å². The van der Waals surface area contributed by atoms with Crippen molar-refractivity contribution in [2.45, 2.75) is 97.8 Å². The molecule has 1 aliphatic carbocycles. The number of para-hydroxylation sites is 1. The van der Waals surface area contributed by atoms with E-state index >= 15 is 0 Å². The number of nitrogens with zero attached hydrogens (tertiary/aromatic N) is 3. The molecule has 1 aromatic heterocycles. The number of anilines is 9. The smallest absolute Gasteiger partial charge is 0.252 e. The van der Waals surface area contributed by atoms with Crippen LogP contribution in [0, 0.1) is 0 Å². The van der Waals surface area contributed by atoms with Crippen molar-refractivity contribution in [1.82, 2.24) is 0 Å². The zero-order valence-electron chi connectivity index (χ0n) is 53.4. The van der Waals surface area contributed by atoms with E-state index in [0.29, 0.717) is 13.2 Å². The van der Waals surface area contributed by atoms with Gasteiger partial charge < -0.3 is 28.6 Å². The van der Waals surface area contributed by atoms with Crippen molar-refractivity contribution in [3.05, 3.63) is 252 Å². The van der Waals surface area contributed by atoms with E-state index in [0.717, 1.165) is 90.4 Å². The van der Waals surface area contributed by atoms with Gasteiger partial charge in [-0.25, -0.2) is 0 Å². The summed E-state index contributed by atoms with van der Waals surface area (Å²) in [7, 11) is 0. The Morgan fingerprint density at radius 3 is 1.61 bits per heavy atom. The van der Waals surface area contributed by atoms with Gasteiger partial charge in [0, 0.05) is 73.6 Å². The highest BCUT2D eigenvalue weighted by Gasteiger charge is 2.45. The molecule has 11 aromatic carbocycles. The van der Waals surface area contributed by atoms with E-state index in [-0.39, 0.29) is 28.4 Å². The minimum atomic E-state index is -0.124. The molecule has 0 radical (unpaired) electrons. The summed E-state index contributed by atoms with van der Waals surface area (Å²) in [6.45, 7) is 26.3. The van der Waals surface area contributed by atoms with Crippen LogP contribution >= 0.6 is 0 Å². The standard InChI is InChI=1S/C83H74BN3O3/c1-80(2,3)56-25-34-61(35-26-56)86-70-41-29-58(82(7,8)9)48-68(70)84-69-49-76-77(89-43-42-88-76)50-71(69)87(62-36-27-57(28-37-62)81(4,5)6)73-46-55(45-72(86)79(73)84)51-20-30-59(31-21-51)85(60-32-22-52(23-33-60)75-47-54-16-12-15-19-74(54)90-75)63-38-39-64-53(44-63)24-40-67-78(64)65-17-13-14-18-66(65)83(67,10)11/h12-41,44-50H,42-43H2,1-11H3. The van der Waals surface area contributed by atoms with Crippen molar-refractivity contribution in [1.29, 1.82) is 0 Å². The van der Waals surface area contributed by atoms with Crippen LogP contribution in [0.1, 0.15) is 104 Å². The maximum atomic E-state index is 6.49. The van der Waals surface area contributed by atoms with E-state index in [9.17, 15) is 0 Å². The van der Waals surface area contributed by atoms with Crippen LogP contribution in [0.15, 0.2) is 229 Å². The zero-order valence-corrected chi connectivity index (χ0v) is 53.4. The number of rotatable bonds is 7. The van der Waals surface area contributed by atoms with Gasteiger partial charge in [0.25, 0.3) is 6.71 Å². The molecule has 0 atom stereocenters. The summed E-state index contributed by atoms with van der Waals surface area (Å²) in [6.07, 6.45) is 0. The third-order valence-electron chi connectivity index (χ3n) is 19.7. The Hall–Kier alpha value is -9.72. The highest BCUT2D eigenvalue weighted by Crippen LogP contribution is 2.53. The van der Waals surface area contributed by atoms with Crippen LogP contribution in [-0.2, 0) is 21.7 Å². The normalized spacial score (nSPS) is 14.5. The summed E-state index contributed by atoms with van der Waals surface area (Å²) < 4.78 is 19.4. The quantitative estimate of drug-likeness (QED) is 0.148. The van der Waals surface area contributed by atoms with E-state index in [1.54, 1.807) is 0 Å². The van der Waals surface area contributed by atoms with Gasteiger partial charge in [-0.1, -0.05) is 185 Å². The average Bonchev–Trinajstić information content (AvgIpc) is 0.866. The lowest BCUT2D eigenvalue weighted by molar-refractivity contribution is 0.172. The molecule has 12 aromatic rings. The van der Waals surface area contributed by atoms with Crippen LogP contribution < -0.4 is 40.6 Å². The monoisotopic (exact) mass is 1170 g/mol. The fraction of sp³-hybridized carbons (Fsp3) is 0.205. The molecule has 6 nitrogen and oxygen atoms in total. The molecule has 0 N–H and O–H groups in total. The number of hydrogen-bond donors (Lipinski definition) is 0. The molecule has 0 spiro atoms. The average molecular weight is 1170 g/mol. The van der Waals surface area contributed by atoms with Crippen LogP contribution in [0.3, 0.4) is 0 Å². The van der Waals surface area contributed by atoms with Crippen molar-refractivity contribution in [2.75, 3.05) is 27.9 Å². The Kier molecular flexibility index (Phi) is 12.4. The maximum absolute atomic E-state index is 6.49. The van der Waals surface area contributed by atoms with Crippen molar-refractivity contribution in [2.24, 2.45) is 0 Å². The summed E-state index contributed by atoms with van der Waals surface area (Å²) in [5, 5.41) is 3.56. The van der Waals surface area contributed by atoms with E-state index < -0.39 is 0 Å². The second-order valence-electron chi connectivity index (χ2n) is 28.8. The molecular weight excluding hydrogens is 1100 g/mol. The van der Waals surface area contributed by atoms with Crippen LogP contribution in [0.2, 0.25) is 0 Å². The first-order valence-corrected chi connectivity index (χ1v) is 32.0. The molecule has 90 heavy (non-hydrogen) atoms. The summed E-state index contributed by atoms with van der Waals surface area (Å²) in [6, 6.07) is 84.3. The number of ether oxygens (including phenoxy) is 2.